The minimum absolute atomic E-state index is 0.0598. The van der Waals surface area contributed by atoms with Crippen LogP contribution in [0.15, 0.2) is 0 Å². The van der Waals surface area contributed by atoms with E-state index in [-0.39, 0.29) is 23.3 Å². The van der Waals surface area contributed by atoms with E-state index in [2.05, 4.69) is 19.2 Å². The molecule has 1 saturated heterocycles. The molecular weight excluding hydrogens is 182 g/mol. The van der Waals surface area contributed by atoms with Crippen LogP contribution in [-0.2, 0) is 9.53 Å². The van der Waals surface area contributed by atoms with Crippen molar-refractivity contribution in [1.29, 1.82) is 0 Å². The lowest BCUT2D eigenvalue weighted by Crippen LogP contribution is -2.43. The molecule has 1 aliphatic heterocycles. The molecule has 1 amide bonds. The molecule has 2 rings (SSSR count). The van der Waals surface area contributed by atoms with Crippen LogP contribution in [0.1, 0.15) is 20.3 Å². The molecule has 1 saturated carbocycles. The highest BCUT2D eigenvalue weighted by Gasteiger charge is 2.51. The van der Waals surface area contributed by atoms with Crippen molar-refractivity contribution in [3.63, 3.8) is 0 Å². The van der Waals surface area contributed by atoms with Crippen molar-refractivity contribution in [1.82, 2.24) is 5.32 Å². The molecular formula is C10H17NO3. The fourth-order valence-electron chi connectivity index (χ4n) is 1.88. The Bertz CT molecular complexity index is 252. The van der Waals surface area contributed by atoms with Gasteiger partial charge in [-0.15, -0.1) is 0 Å². The number of hydrogen-bond acceptors (Lipinski definition) is 3. The molecule has 1 heterocycles. The SMILES string of the molecule is CC1(C)CC1C(=O)N[C@@H]1COC[C@H]1O. The zero-order chi connectivity index (χ0) is 10.3. The lowest BCUT2D eigenvalue weighted by molar-refractivity contribution is -0.124. The average molecular weight is 199 g/mol. The standard InChI is InChI=1S/C10H17NO3/c1-10(2)3-6(10)9(13)11-7-4-14-5-8(7)12/h6-8,12H,3-5H2,1-2H3,(H,11,13)/t6?,7-,8-/m1/s1. The Labute approximate surface area is 83.6 Å². The van der Waals surface area contributed by atoms with Crippen LogP contribution in [-0.4, -0.2) is 36.4 Å². The van der Waals surface area contributed by atoms with Crippen molar-refractivity contribution in [3.8, 4) is 0 Å². The van der Waals surface area contributed by atoms with Gasteiger partial charge in [0.15, 0.2) is 0 Å². The van der Waals surface area contributed by atoms with Crippen LogP contribution < -0.4 is 5.32 Å². The van der Waals surface area contributed by atoms with Gasteiger partial charge in [-0.05, 0) is 11.8 Å². The summed E-state index contributed by atoms with van der Waals surface area (Å²) in [6.07, 6.45) is 0.406. The van der Waals surface area contributed by atoms with Gasteiger partial charge in [0.05, 0.1) is 25.4 Å². The topological polar surface area (TPSA) is 58.6 Å². The van der Waals surface area contributed by atoms with Gasteiger partial charge >= 0.3 is 0 Å². The third-order valence-corrected chi connectivity index (χ3v) is 3.21. The molecule has 4 heteroatoms. The first-order chi connectivity index (χ1) is 6.50. The summed E-state index contributed by atoms with van der Waals surface area (Å²) >= 11 is 0. The maximum absolute atomic E-state index is 11.6. The van der Waals surface area contributed by atoms with Crippen molar-refractivity contribution >= 4 is 5.91 Å². The van der Waals surface area contributed by atoms with E-state index < -0.39 is 6.10 Å². The van der Waals surface area contributed by atoms with E-state index in [0.717, 1.165) is 6.42 Å². The monoisotopic (exact) mass is 199 g/mol. The van der Waals surface area contributed by atoms with E-state index in [1.165, 1.54) is 0 Å². The van der Waals surface area contributed by atoms with E-state index in [4.69, 9.17) is 4.74 Å². The molecule has 14 heavy (non-hydrogen) atoms. The Morgan fingerprint density at radius 2 is 2.14 bits per heavy atom. The molecule has 2 aliphatic rings. The second kappa shape index (κ2) is 3.21. The highest BCUT2D eigenvalue weighted by molar-refractivity contribution is 5.82. The minimum atomic E-state index is -0.541. The quantitative estimate of drug-likeness (QED) is 0.653. The van der Waals surface area contributed by atoms with Crippen molar-refractivity contribution < 1.29 is 14.6 Å². The van der Waals surface area contributed by atoms with Gasteiger partial charge in [-0.25, -0.2) is 0 Å². The number of nitrogens with one attached hydrogen (secondary N) is 1. The third kappa shape index (κ3) is 1.77. The number of hydrogen-bond donors (Lipinski definition) is 2. The lowest BCUT2D eigenvalue weighted by atomic mass is 10.1. The van der Waals surface area contributed by atoms with Gasteiger partial charge in [-0.3, -0.25) is 4.79 Å². The predicted octanol–water partition coefficient (Wildman–Crippen LogP) is -0.0916. The van der Waals surface area contributed by atoms with E-state index in [0.29, 0.717) is 13.2 Å². The number of aliphatic hydroxyl groups excluding tert-OH is 1. The smallest absolute Gasteiger partial charge is 0.224 e. The van der Waals surface area contributed by atoms with Crippen LogP contribution in [0.2, 0.25) is 0 Å². The van der Waals surface area contributed by atoms with Gasteiger partial charge < -0.3 is 15.2 Å². The van der Waals surface area contributed by atoms with Gasteiger partial charge in [0, 0.05) is 5.92 Å². The summed E-state index contributed by atoms with van der Waals surface area (Å²) in [5, 5.41) is 12.3. The Morgan fingerprint density at radius 1 is 1.50 bits per heavy atom. The van der Waals surface area contributed by atoms with Crippen LogP contribution in [0, 0.1) is 11.3 Å². The molecule has 1 aliphatic carbocycles. The molecule has 0 spiro atoms. The van der Waals surface area contributed by atoms with E-state index in [9.17, 15) is 9.90 Å². The third-order valence-electron chi connectivity index (χ3n) is 3.21. The van der Waals surface area contributed by atoms with Crippen molar-refractivity contribution in [2.24, 2.45) is 11.3 Å². The zero-order valence-corrected chi connectivity index (χ0v) is 8.62. The van der Waals surface area contributed by atoms with Gasteiger partial charge in [-0.1, -0.05) is 13.8 Å². The first kappa shape index (κ1) is 9.93. The number of carbonyl (C=O) groups excluding carboxylic acids is 1. The van der Waals surface area contributed by atoms with Crippen molar-refractivity contribution in [2.45, 2.75) is 32.4 Å². The molecule has 4 nitrogen and oxygen atoms in total. The number of aliphatic hydroxyl groups is 1. The van der Waals surface area contributed by atoms with Crippen molar-refractivity contribution in [2.75, 3.05) is 13.2 Å². The van der Waals surface area contributed by atoms with E-state index >= 15 is 0 Å². The molecule has 2 fully saturated rings. The average Bonchev–Trinajstić information content (AvgIpc) is 2.54. The normalized spacial score (nSPS) is 39.5. The first-order valence-electron chi connectivity index (χ1n) is 5.07. The Morgan fingerprint density at radius 3 is 2.57 bits per heavy atom. The van der Waals surface area contributed by atoms with Crippen LogP contribution >= 0.6 is 0 Å². The van der Waals surface area contributed by atoms with Gasteiger partial charge in [-0.2, -0.15) is 0 Å². The number of rotatable bonds is 2. The van der Waals surface area contributed by atoms with Crippen molar-refractivity contribution in [3.05, 3.63) is 0 Å². The Hall–Kier alpha value is -0.610. The molecule has 0 radical (unpaired) electrons. The summed E-state index contributed by atoms with van der Waals surface area (Å²) in [5.41, 5.74) is 0.147. The largest absolute Gasteiger partial charge is 0.388 e. The molecule has 1 unspecified atom stereocenters. The summed E-state index contributed by atoms with van der Waals surface area (Å²) in [6.45, 7) is 4.93. The lowest BCUT2D eigenvalue weighted by Gasteiger charge is -2.14. The summed E-state index contributed by atoms with van der Waals surface area (Å²) < 4.78 is 5.06. The van der Waals surface area contributed by atoms with Gasteiger partial charge in [0.2, 0.25) is 5.91 Å². The molecule has 2 N–H and O–H groups in total. The fraction of sp³-hybridized carbons (Fsp3) is 0.900. The zero-order valence-electron chi connectivity index (χ0n) is 8.62. The molecule has 80 valence electrons. The van der Waals surface area contributed by atoms with Gasteiger partial charge in [0.25, 0.3) is 0 Å². The van der Waals surface area contributed by atoms with E-state index in [1.54, 1.807) is 0 Å². The summed E-state index contributed by atoms with van der Waals surface area (Å²) in [4.78, 5) is 11.6. The Kier molecular flexibility index (Phi) is 2.27. The maximum atomic E-state index is 11.6. The molecule has 0 aromatic carbocycles. The second-order valence-electron chi connectivity index (χ2n) is 4.97. The molecule has 0 bridgehead atoms. The van der Waals surface area contributed by atoms with E-state index in [1.807, 2.05) is 0 Å². The van der Waals surface area contributed by atoms with Crippen LogP contribution in [0.5, 0.6) is 0 Å². The Balaban J connectivity index is 1.83. The molecule has 0 aromatic rings. The van der Waals surface area contributed by atoms with Gasteiger partial charge in [0.1, 0.15) is 0 Å². The second-order valence-corrected chi connectivity index (χ2v) is 4.97. The molecule has 3 atom stereocenters. The number of carbonyl (C=O) groups is 1. The summed E-state index contributed by atoms with van der Waals surface area (Å²) in [7, 11) is 0. The number of amides is 1. The van der Waals surface area contributed by atoms with Crippen LogP contribution in [0.3, 0.4) is 0 Å². The maximum Gasteiger partial charge on any atom is 0.224 e. The van der Waals surface area contributed by atoms with Crippen LogP contribution in [0.4, 0.5) is 0 Å². The number of ether oxygens (including phenoxy) is 1. The van der Waals surface area contributed by atoms with Crippen LogP contribution in [0.25, 0.3) is 0 Å². The summed E-state index contributed by atoms with van der Waals surface area (Å²) in [6, 6.07) is -0.209. The minimum Gasteiger partial charge on any atom is -0.388 e. The highest BCUT2D eigenvalue weighted by Crippen LogP contribution is 2.51. The predicted molar refractivity (Wildman–Crippen MR) is 50.6 cm³/mol. The molecule has 0 aromatic heterocycles. The fourth-order valence-corrected chi connectivity index (χ4v) is 1.88. The summed E-state index contributed by atoms with van der Waals surface area (Å²) in [5.74, 6) is 0.180. The first-order valence-corrected chi connectivity index (χ1v) is 5.07. The highest BCUT2D eigenvalue weighted by atomic mass is 16.5.